The number of aliphatic hydroxyl groups excluding tert-OH is 1. The van der Waals surface area contributed by atoms with Gasteiger partial charge in [-0.25, -0.2) is 9.37 Å². The first-order valence-electron chi connectivity index (χ1n) is 5.30. The lowest BCUT2D eigenvalue weighted by atomic mass is 10.4. The molecule has 4 N–H and O–H groups in total. The third-order valence-corrected chi connectivity index (χ3v) is 2.93. The molecular formula is C10H10FN5O2. The van der Waals surface area contributed by atoms with Crippen LogP contribution in [0.5, 0.6) is 0 Å². The number of nitrogens with one attached hydrogen (secondary N) is 1. The van der Waals surface area contributed by atoms with Crippen molar-refractivity contribution >= 4 is 23.3 Å². The number of H-pyrrole nitrogens is 1. The molecular weight excluding hydrogens is 241 g/mol. The molecule has 7 nitrogen and oxygen atoms in total. The zero-order valence-electron chi connectivity index (χ0n) is 9.17. The van der Waals surface area contributed by atoms with Crippen LogP contribution in [0, 0.1) is 5.92 Å². The van der Waals surface area contributed by atoms with Gasteiger partial charge < -0.3 is 10.8 Å². The average Bonchev–Trinajstić information content (AvgIpc) is 2.75. The molecule has 1 saturated carbocycles. The predicted octanol–water partition coefficient (Wildman–Crippen LogP) is -0.497. The molecule has 1 fully saturated rings. The van der Waals surface area contributed by atoms with Crippen LogP contribution in [0.25, 0.3) is 17.4 Å². The van der Waals surface area contributed by atoms with Crippen LogP contribution in [0.4, 0.5) is 10.3 Å². The summed E-state index contributed by atoms with van der Waals surface area (Å²) in [5, 5.41) is 8.88. The van der Waals surface area contributed by atoms with Gasteiger partial charge >= 0.3 is 0 Å². The standard InChI is InChI=1S/C10H10FN5O2/c11-6-4(5(6)2-17)1-16-3-13-7-8(16)14-10(12)15-9(7)18/h1,3,5-6,17H,2H2,(H3,12,14,15,18)/b4-1+/t5-,6+/m0/s1. The number of rotatable bonds is 2. The van der Waals surface area contributed by atoms with Gasteiger partial charge in [-0.05, 0) is 5.57 Å². The molecule has 0 unspecified atom stereocenters. The molecule has 8 heteroatoms. The molecule has 1 aliphatic carbocycles. The minimum absolute atomic E-state index is 0.0287. The largest absolute Gasteiger partial charge is 0.396 e. The van der Waals surface area contributed by atoms with Crippen molar-refractivity contribution in [3.63, 3.8) is 0 Å². The average molecular weight is 251 g/mol. The quantitative estimate of drug-likeness (QED) is 0.666. The minimum Gasteiger partial charge on any atom is -0.396 e. The number of fused-ring (bicyclic) bond motifs is 1. The molecule has 2 atom stereocenters. The van der Waals surface area contributed by atoms with Crippen LogP contribution >= 0.6 is 0 Å². The Bertz CT molecular complexity index is 704. The van der Waals surface area contributed by atoms with E-state index >= 15 is 0 Å². The molecule has 0 amide bonds. The van der Waals surface area contributed by atoms with Crippen LogP contribution < -0.4 is 11.3 Å². The van der Waals surface area contributed by atoms with E-state index in [1.54, 1.807) is 0 Å². The zero-order chi connectivity index (χ0) is 12.9. The Kier molecular flexibility index (Phi) is 2.20. The van der Waals surface area contributed by atoms with Crippen LogP contribution in [-0.4, -0.2) is 37.4 Å². The SMILES string of the molecule is Nc1nc2c(ncn2/C=C2/[C@@H](F)[C@H]2CO)c(=O)[nH]1. The fourth-order valence-corrected chi connectivity index (χ4v) is 1.86. The topological polar surface area (TPSA) is 110 Å². The van der Waals surface area contributed by atoms with E-state index in [0.29, 0.717) is 5.57 Å². The van der Waals surface area contributed by atoms with Gasteiger partial charge in [-0.15, -0.1) is 0 Å². The molecule has 0 saturated heterocycles. The van der Waals surface area contributed by atoms with E-state index < -0.39 is 17.6 Å². The molecule has 0 aromatic carbocycles. The maximum atomic E-state index is 13.2. The lowest BCUT2D eigenvalue weighted by Crippen LogP contribution is -2.11. The van der Waals surface area contributed by atoms with Gasteiger partial charge in [0.15, 0.2) is 11.2 Å². The van der Waals surface area contributed by atoms with Crippen molar-refractivity contribution in [2.45, 2.75) is 6.17 Å². The summed E-state index contributed by atoms with van der Waals surface area (Å²) in [6.45, 7) is -0.240. The van der Waals surface area contributed by atoms with Crippen molar-refractivity contribution in [3.8, 4) is 0 Å². The van der Waals surface area contributed by atoms with Gasteiger partial charge in [0.25, 0.3) is 5.56 Å². The van der Waals surface area contributed by atoms with Gasteiger partial charge in [0.05, 0.1) is 6.61 Å². The summed E-state index contributed by atoms with van der Waals surface area (Å²) < 4.78 is 14.6. The molecule has 1 aliphatic rings. The van der Waals surface area contributed by atoms with Gasteiger partial charge in [0, 0.05) is 12.1 Å². The number of anilines is 1. The first-order chi connectivity index (χ1) is 8.61. The number of imidazole rings is 1. The molecule has 94 valence electrons. The van der Waals surface area contributed by atoms with Crippen LogP contribution in [0.3, 0.4) is 0 Å². The molecule has 3 rings (SSSR count). The maximum Gasteiger partial charge on any atom is 0.280 e. The van der Waals surface area contributed by atoms with Crippen LogP contribution in [0.2, 0.25) is 0 Å². The van der Waals surface area contributed by atoms with Gasteiger partial charge in [-0.3, -0.25) is 14.3 Å². The van der Waals surface area contributed by atoms with E-state index in [9.17, 15) is 9.18 Å². The summed E-state index contributed by atoms with van der Waals surface area (Å²) in [6.07, 6.45) is 1.69. The van der Waals surface area contributed by atoms with Crippen molar-refractivity contribution in [1.82, 2.24) is 19.5 Å². The molecule has 2 heterocycles. The summed E-state index contributed by atoms with van der Waals surface area (Å²) in [6, 6.07) is 0. The molecule has 0 bridgehead atoms. The van der Waals surface area contributed by atoms with E-state index in [0.717, 1.165) is 0 Å². The van der Waals surface area contributed by atoms with Crippen LogP contribution in [0.1, 0.15) is 0 Å². The Balaban J connectivity index is 2.12. The van der Waals surface area contributed by atoms with Crippen molar-refractivity contribution in [2.24, 2.45) is 5.92 Å². The van der Waals surface area contributed by atoms with Gasteiger partial charge in [-0.2, -0.15) is 4.98 Å². The van der Waals surface area contributed by atoms with Crippen molar-refractivity contribution in [3.05, 3.63) is 22.3 Å². The molecule has 2 aromatic rings. The van der Waals surface area contributed by atoms with E-state index in [4.69, 9.17) is 10.8 Å². The van der Waals surface area contributed by atoms with E-state index in [2.05, 4.69) is 15.0 Å². The predicted molar refractivity (Wildman–Crippen MR) is 62.3 cm³/mol. The number of hydrogen-bond acceptors (Lipinski definition) is 5. The lowest BCUT2D eigenvalue weighted by molar-refractivity contribution is 0.259. The lowest BCUT2D eigenvalue weighted by Gasteiger charge is -1.96. The Morgan fingerprint density at radius 1 is 1.67 bits per heavy atom. The third kappa shape index (κ3) is 1.50. The first kappa shape index (κ1) is 10.9. The summed E-state index contributed by atoms with van der Waals surface area (Å²) in [4.78, 5) is 21.7. The van der Waals surface area contributed by atoms with E-state index in [1.807, 2.05) is 0 Å². The van der Waals surface area contributed by atoms with E-state index in [-0.39, 0.29) is 23.7 Å². The van der Waals surface area contributed by atoms with Gasteiger partial charge in [0.2, 0.25) is 5.95 Å². The second-order valence-electron chi connectivity index (χ2n) is 4.10. The number of nitrogen functional groups attached to an aromatic ring is 1. The number of aromatic amines is 1. The molecule has 2 aromatic heterocycles. The Morgan fingerprint density at radius 2 is 2.44 bits per heavy atom. The summed E-state index contributed by atoms with van der Waals surface area (Å²) >= 11 is 0. The van der Waals surface area contributed by atoms with Crippen molar-refractivity contribution in [1.29, 1.82) is 0 Å². The summed E-state index contributed by atoms with van der Waals surface area (Å²) in [5.41, 5.74) is 5.85. The molecule has 0 radical (unpaired) electrons. The van der Waals surface area contributed by atoms with Crippen molar-refractivity contribution < 1.29 is 9.50 Å². The number of aliphatic hydroxyl groups is 1. The summed E-state index contributed by atoms with van der Waals surface area (Å²) in [5.74, 6) is -0.499. The first-order valence-corrected chi connectivity index (χ1v) is 5.30. The van der Waals surface area contributed by atoms with Gasteiger partial charge in [-0.1, -0.05) is 0 Å². The highest BCUT2D eigenvalue weighted by molar-refractivity contribution is 5.73. The highest BCUT2D eigenvalue weighted by Gasteiger charge is 2.44. The van der Waals surface area contributed by atoms with Crippen molar-refractivity contribution in [2.75, 3.05) is 12.3 Å². The second kappa shape index (κ2) is 3.64. The Labute approximate surface area is 99.8 Å². The fraction of sp³-hybridized carbons (Fsp3) is 0.300. The molecule has 18 heavy (non-hydrogen) atoms. The second-order valence-corrected chi connectivity index (χ2v) is 4.10. The Hall–Kier alpha value is -2.22. The third-order valence-electron chi connectivity index (χ3n) is 2.93. The van der Waals surface area contributed by atoms with E-state index in [1.165, 1.54) is 17.1 Å². The number of nitrogens with zero attached hydrogens (tertiary/aromatic N) is 3. The minimum atomic E-state index is -1.15. The van der Waals surface area contributed by atoms with Gasteiger partial charge in [0.1, 0.15) is 12.5 Å². The normalized spacial score (nSPS) is 24.9. The highest BCUT2D eigenvalue weighted by Crippen LogP contribution is 2.41. The van der Waals surface area contributed by atoms with Crippen LogP contribution in [0.15, 0.2) is 16.7 Å². The fourth-order valence-electron chi connectivity index (χ4n) is 1.86. The zero-order valence-corrected chi connectivity index (χ0v) is 9.17. The monoisotopic (exact) mass is 251 g/mol. The van der Waals surface area contributed by atoms with Crippen LogP contribution in [-0.2, 0) is 0 Å². The number of halogens is 1. The number of alkyl halides is 1. The number of nitrogens with two attached hydrogens (primary N) is 1. The smallest absolute Gasteiger partial charge is 0.280 e. The highest BCUT2D eigenvalue weighted by atomic mass is 19.1. The number of hydrogen-bond donors (Lipinski definition) is 3. The Morgan fingerprint density at radius 3 is 3.11 bits per heavy atom. The number of aromatic nitrogens is 4. The molecule has 0 aliphatic heterocycles. The maximum absolute atomic E-state index is 13.2. The summed E-state index contributed by atoms with van der Waals surface area (Å²) in [7, 11) is 0. The molecule has 0 spiro atoms.